The second-order valence-electron chi connectivity index (χ2n) is 6.36. The Labute approximate surface area is 163 Å². The van der Waals surface area contributed by atoms with Gasteiger partial charge in [0.25, 0.3) is 5.91 Å². The molecule has 7 heteroatoms. The van der Waals surface area contributed by atoms with Crippen molar-refractivity contribution in [2.24, 2.45) is 0 Å². The summed E-state index contributed by atoms with van der Waals surface area (Å²) in [6, 6.07) is 17.6. The van der Waals surface area contributed by atoms with Crippen molar-refractivity contribution >= 4 is 23.6 Å². The highest BCUT2D eigenvalue weighted by Gasteiger charge is 2.37. The van der Waals surface area contributed by atoms with Gasteiger partial charge < -0.3 is 5.32 Å². The van der Waals surface area contributed by atoms with Crippen LogP contribution < -0.4 is 10.7 Å². The number of benzene rings is 2. The Morgan fingerprint density at radius 1 is 1.04 bits per heavy atom. The molecule has 2 N–H and O–H groups in total. The van der Waals surface area contributed by atoms with E-state index in [9.17, 15) is 9.59 Å². The van der Waals surface area contributed by atoms with Crippen LogP contribution in [-0.4, -0.2) is 27.5 Å². The number of rotatable bonds is 5. The van der Waals surface area contributed by atoms with Crippen LogP contribution in [0.5, 0.6) is 0 Å². The summed E-state index contributed by atoms with van der Waals surface area (Å²) in [7, 11) is 0. The van der Waals surface area contributed by atoms with Gasteiger partial charge in [-0.3, -0.25) is 9.59 Å². The third kappa shape index (κ3) is 4.30. The van der Waals surface area contributed by atoms with Crippen LogP contribution in [0.2, 0.25) is 0 Å². The lowest BCUT2D eigenvalue weighted by Crippen LogP contribution is -2.50. The molecular formula is C20H21ClN4O2. The summed E-state index contributed by atoms with van der Waals surface area (Å²) in [4.78, 5) is 25.1. The largest absolute Gasteiger partial charge is 0.348 e. The molecule has 0 saturated heterocycles. The minimum Gasteiger partial charge on any atom is -0.348 e. The first-order chi connectivity index (χ1) is 13.0. The van der Waals surface area contributed by atoms with Crippen molar-refractivity contribution in [3.63, 3.8) is 0 Å². The number of hydrazine groups is 2. The highest BCUT2D eigenvalue weighted by Crippen LogP contribution is 2.24. The van der Waals surface area contributed by atoms with E-state index in [-0.39, 0.29) is 17.9 Å². The monoisotopic (exact) mass is 384 g/mol. The maximum atomic E-state index is 12.7. The molecule has 0 fully saturated rings. The molecular weight excluding hydrogens is 364 g/mol. The van der Waals surface area contributed by atoms with Crippen LogP contribution in [-0.2, 0) is 4.79 Å². The number of hydrogen-bond donors (Lipinski definition) is 2. The van der Waals surface area contributed by atoms with Crippen LogP contribution in [0.15, 0.2) is 72.4 Å². The Kier molecular flexibility index (Phi) is 5.78. The minimum absolute atomic E-state index is 0.162. The van der Waals surface area contributed by atoms with E-state index in [2.05, 4.69) is 10.7 Å². The Hall–Kier alpha value is -2.83. The molecule has 2 aromatic carbocycles. The molecule has 140 valence electrons. The Bertz CT molecular complexity index is 842. The average Bonchev–Trinajstić information content (AvgIpc) is 2.96. The maximum Gasteiger partial charge on any atom is 0.271 e. The zero-order valence-electron chi connectivity index (χ0n) is 15.1. The predicted octanol–water partition coefficient (Wildman–Crippen LogP) is 3.17. The minimum atomic E-state index is -0.714. The van der Waals surface area contributed by atoms with E-state index < -0.39 is 6.04 Å². The van der Waals surface area contributed by atoms with Gasteiger partial charge >= 0.3 is 0 Å². The Morgan fingerprint density at radius 3 is 2.26 bits per heavy atom. The summed E-state index contributed by atoms with van der Waals surface area (Å²) in [5, 5.41) is 4.28. The smallest absolute Gasteiger partial charge is 0.271 e. The molecule has 1 aliphatic heterocycles. The van der Waals surface area contributed by atoms with Crippen molar-refractivity contribution in [1.29, 1.82) is 0 Å². The van der Waals surface area contributed by atoms with Gasteiger partial charge in [-0.15, -0.1) is 0 Å². The highest BCUT2D eigenvalue weighted by atomic mass is 35.5. The highest BCUT2D eigenvalue weighted by molar-refractivity contribution is 6.15. The molecule has 2 amide bonds. The fourth-order valence-electron chi connectivity index (χ4n) is 2.87. The molecule has 0 radical (unpaired) electrons. The van der Waals surface area contributed by atoms with E-state index >= 15 is 0 Å². The van der Waals surface area contributed by atoms with E-state index in [0.717, 1.165) is 11.1 Å². The zero-order chi connectivity index (χ0) is 19.4. The van der Waals surface area contributed by atoms with Gasteiger partial charge in [0, 0.05) is 23.5 Å². The molecule has 0 aromatic heterocycles. The van der Waals surface area contributed by atoms with Crippen LogP contribution in [0.4, 0.5) is 0 Å². The molecule has 2 aromatic rings. The van der Waals surface area contributed by atoms with Gasteiger partial charge in [0.15, 0.2) is 0 Å². The maximum absolute atomic E-state index is 12.7. The first-order valence-corrected chi connectivity index (χ1v) is 8.95. The van der Waals surface area contributed by atoms with Gasteiger partial charge in [0.2, 0.25) is 5.91 Å². The predicted molar refractivity (Wildman–Crippen MR) is 104 cm³/mol. The van der Waals surface area contributed by atoms with Gasteiger partial charge in [0.1, 0.15) is 6.04 Å². The quantitative estimate of drug-likeness (QED) is 0.777. The van der Waals surface area contributed by atoms with E-state index in [4.69, 9.17) is 11.8 Å². The molecule has 27 heavy (non-hydrogen) atoms. The summed E-state index contributed by atoms with van der Waals surface area (Å²) in [5.41, 5.74) is 4.90. The van der Waals surface area contributed by atoms with E-state index in [1.54, 1.807) is 37.4 Å². The van der Waals surface area contributed by atoms with Gasteiger partial charge in [0.05, 0.1) is 6.04 Å². The normalized spacial score (nSPS) is 18.0. The van der Waals surface area contributed by atoms with E-state index in [1.807, 2.05) is 43.3 Å². The topological polar surface area (TPSA) is 64.7 Å². The molecule has 3 rings (SSSR count). The van der Waals surface area contributed by atoms with E-state index in [1.165, 1.54) is 9.65 Å². The summed E-state index contributed by atoms with van der Waals surface area (Å²) < 4.78 is 1.18. The van der Waals surface area contributed by atoms with Crippen molar-refractivity contribution in [3.8, 4) is 0 Å². The molecule has 6 nitrogen and oxygen atoms in total. The van der Waals surface area contributed by atoms with Gasteiger partial charge in [-0.05, 0) is 37.1 Å². The van der Waals surface area contributed by atoms with Crippen molar-refractivity contribution in [3.05, 3.63) is 83.6 Å². The molecule has 0 spiro atoms. The number of halogens is 1. The number of carbonyl (C=O) groups excluding carboxylic acids is 2. The van der Waals surface area contributed by atoms with Gasteiger partial charge in [-0.1, -0.05) is 53.1 Å². The molecule has 2 atom stereocenters. The fourth-order valence-corrected chi connectivity index (χ4v) is 3.19. The summed E-state index contributed by atoms with van der Waals surface area (Å²) in [6.07, 6.45) is 1.63. The SMILES string of the molecule is CC1=CN(NC(=O)c2ccccc2)N(Cl)C1C(=O)NC(C)c1ccccc1. The molecule has 0 bridgehead atoms. The van der Waals surface area contributed by atoms with Crippen LogP contribution in [0.1, 0.15) is 35.8 Å². The summed E-state index contributed by atoms with van der Waals surface area (Å²) in [6.45, 7) is 3.70. The summed E-state index contributed by atoms with van der Waals surface area (Å²) in [5.74, 6) is -0.560. The lowest BCUT2D eigenvalue weighted by atomic mass is 10.1. The van der Waals surface area contributed by atoms with Crippen LogP contribution >= 0.6 is 11.8 Å². The first kappa shape index (κ1) is 18.9. The fraction of sp³-hybridized carbons (Fsp3) is 0.200. The van der Waals surface area contributed by atoms with Crippen molar-refractivity contribution in [2.75, 3.05) is 0 Å². The summed E-state index contributed by atoms with van der Waals surface area (Å²) >= 11 is 6.33. The average molecular weight is 385 g/mol. The second-order valence-corrected chi connectivity index (χ2v) is 6.70. The lowest BCUT2D eigenvalue weighted by Gasteiger charge is -2.27. The molecule has 1 heterocycles. The molecule has 0 aliphatic carbocycles. The molecule has 1 aliphatic rings. The lowest BCUT2D eigenvalue weighted by molar-refractivity contribution is -0.126. The standard InChI is InChI=1S/C20H21ClN4O2/c1-14-13-24(23-19(26)17-11-7-4-8-12-17)25(21)18(14)20(27)22-15(2)16-9-5-3-6-10-16/h3-13,15,18H,1-2H3,(H,22,27)(H,23,26). The van der Waals surface area contributed by atoms with Crippen molar-refractivity contribution in [2.45, 2.75) is 25.9 Å². The van der Waals surface area contributed by atoms with Crippen LogP contribution in [0.3, 0.4) is 0 Å². The number of nitrogens with zero attached hydrogens (tertiary/aromatic N) is 2. The Morgan fingerprint density at radius 2 is 1.63 bits per heavy atom. The number of nitrogens with one attached hydrogen (secondary N) is 2. The third-order valence-electron chi connectivity index (χ3n) is 4.33. The third-order valence-corrected chi connectivity index (χ3v) is 4.69. The van der Waals surface area contributed by atoms with Crippen LogP contribution in [0.25, 0.3) is 0 Å². The number of hydrogen-bond acceptors (Lipinski definition) is 4. The van der Waals surface area contributed by atoms with Gasteiger partial charge in [-0.25, -0.2) is 10.5 Å². The molecule has 0 saturated carbocycles. The van der Waals surface area contributed by atoms with Crippen molar-refractivity contribution < 1.29 is 9.59 Å². The Balaban J connectivity index is 1.65. The van der Waals surface area contributed by atoms with Crippen LogP contribution in [0, 0.1) is 0 Å². The first-order valence-electron chi connectivity index (χ1n) is 8.61. The zero-order valence-corrected chi connectivity index (χ0v) is 15.9. The van der Waals surface area contributed by atoms with Crippen molar-refractivity contribution in [1.82, 2.24) is 20.4 Å². The second kappa shape index (κ2) is 8.24. The number of carbonyl (C=O) groups is 2. The molecule has 2 unspecified atom stereocenters. The van der Waals surface area contributed by atoms with E-state index in [0.29, 0.717) is 5.56 Å². The van der Waals surface area contributed by atoms with Gasteiger partial charge in [-0.2, -0.15) is 0 Å². The number of amides is 2.